The summed E-state index contributed by atoms with van der Waals surface area (Å²) in [6.45, 7) is 0.148. The van der Waals surface area contributed by atoms with Gasteiger partial charge in [-0.3, -0.25) is 5.41 Å². The van der Waals surface area contributed by atoms with Crippen molar-refractivity contribution in [2.75, 3.05) is 6.54 Å². The molecule has 6 heteroatoms. The average Bonchev–Trinajstić information content (AvgIpc) is 2.18. The van der Waals surface area contributed by atoms with Gasteiger partial charge in [-0.05, 0) is 40.3 Å². The van der Waals surface area contributed by atoms with Crippen molar-refractivity contribution in [1.29, 1.82) is 5.41 Å². The van der Waals surface area contributed by atoms with Gasteiger partial charge in [0.25, 0.3) is 0 Å². The summed E-state index contributed by atoms with van der Waals surface area (Å²) in [6, 6.07) is 4.92. The molecule has 0 saturated heterocycles. The molecule has 0 aliphatic carbocycles. The number of aliphatic hydroxyl groups excluding tert-OH is 1. The molecule has 0 bridgehead atoms. The molecule has 6 N–H and O–H groups in total. The van der Waals surface area contributed by atoms with E-state index < -0.39 is 6.10 Å². The lowest BCUT2D eigenvalue weighted by molar-refractivity contribution is 0.180. The quantitative estimate of drug-likeness (QED) is 0.318. The van der Waals surface area contributed by atoms with E-state index in [-0.39, 0.29) is 18.3 Å². The molecule has 0 unspecified atom stereocenters. The van der Waals surface area contributed by atoms with E-state index in [1.165, 1.54) is 6.07 Å². The van der Waals surface area contributed by atoms with Crippen LogP contribution in [-0.2, 0) is 0 Å². The van der Waals surface area contributed by atoms with Gasteiger partial charge < -0.3 is 21.3 Å². The van der Waals surface area contributed by atoms with Gasteiger partial charge in [-0.2, -0.15) is 0 Å². The molecule has 0 radical (unpaired) electrons. The van der Waals surface area contributed by atoms with Crippen LogP contribution < -0.4 is 11.1 Å². The van der Waals surface area contributed by atoms with Crippen LogP contribution >= 0.6 is 22.6 Å². The van der Waals surface area contributed by atoms with Crippen LogP contribution in [0.5, 0.6) is 5.75 Å². The number of hydrogen-bond donors (Lipinski definition) is 5. The van der Waals surface area contributed by atoms with Gasteiger partial charge in [0.05, 0.1) is 9.67 Å². The van der Waals surface area contributed by atoms with Gasteiger partial charge in [-0.15, -0.1) is 0 Å². The van der Waals surface area contributed by atoms with Crippen LogP contribution in [0.1, 0.15) is 11.7 Å². The lowest BCUT2D eigenvalue weighted by Gasteiger charge is -2.12. The Kier molecular flexibility index (Phi) is 4.15. The average molecular weight is 321 g/mol. The lowest BCUT2D eigenvalue weighted by Crippen LogP contribution is -2.33. The first kappa shape index (κ1) is 12.1. The van der Waals surface area contributed by atoms with Gasteiger partial charge in [-0.25, -0.2) is 0 Å². The SMILES string of the molecule is N=C(N)NC[C@H](O)c1ccc(I)c(O)c1. The van der Waals surface area contributed by atoms with Crippen molar-refractivity contribution < 1.29 is 10.2 Å². The molecular formula is C9H12IN3O2. The van der Waals surface area contributed by atoms with Crippen LogP contribution in [0.4, 0.5) is 0 Å². The van der Waals surface area contributed by atoms with Crippen LogP contribution in [0.3, 0.4) is 0 Å². The number of phenols is 1. The first-order valence-electron chi connectivity index (χ1n) is 4.25. The predicted octanol–water partition coefficient (Wildman–Crippen LogP) is 0.513. The van der Waals surface area contributed by atoms with Gasteiger partial charge in [0.1, 0.15) is 5.75 Å². The molecule has 0 spiro atoms. The van der Waals surface area contributed by atoms with E-state index in [2.05, 4.69) is 5.32 Å². The Morgan fingerprint density at radius 3 is 2.80 bits per heavy atom. The van der Waals surface area contributed by atoms with Gasteiger partial charge in [-0.1, -0.05) is 6.07 Å². The maximum atomic E-state index is 9.66. The standard InChI is InChI=1S/C9H12IN3O2/c10-6-2-1-5(3-7(6)14)8(15)4-13-9(11)12/h1-3,8,14-15H,4H2,(H4,11,12,13)/t8-/m0/s1. The Labute approximate surface area is 101 Å². The highest BCUT2D eigenvalue weighted by molar-refractivity contribution is 14.1. The number of benzene rings is 1. The summed E-state index contributed by atoms with van der Waals surface area (Å²) in [5.74, 6) is -0.0567. The first-order chi connectivity index (χ1) is 7.00. The highest BCUT2D eigenvalue weighted by Crippen LogP contribution is 2.23. The van der Waals surface area contributed by atoms with E-state index in [0.717, 1.165) is 3.57 Å². The molecule has 0 aromatic heterocycles. The number of rotatable bonds is 3. The van der Waals surface area contributed by atoms with Crippen molar-refractivity contribution in [3.63, 3.8) is 0 Å². The largest absolute Gasteiger partial charge is 0.507 e. The van der Waals surface area contributed by atoms with Crippen molar-refractivity contribution in [3.8, 4) is 5.75 Å². The summed E-state index contributed by atoms with van der Waals surface area (Å²) in [7, 11) is 0. The fourth-order valence-corrected chi connectivity index (χ4v) is 1.40. The van der Waals surface area contributed by atoms with Crippen LogP contribution in [-0.4, -0.2) is 22.7 Å². The van der Waals surface area contributed by atoms with Gasteiger partial charge >= 0.3 is 0 Å². The summed E-state index contributed by atoms with van der Waals surface area (Å²) in [5, 5.41) is 28.5. The van der Waals surface area contributed by atoms with Gasteiger partial charge in [0.15, 0.2) is 5.96 Å². The highest BCUT2D eigenvalue weighted by Gasteiger charge is 2.09. The number of guanidine groups is 1. The Balaban J connectivity index is 2.69. The maximum absolute atomic E-state index is 9.66. The van der Waals surface area contributed by atoms with Gasteiger partial charge in [0.2, 0.25) is 0 Å². The number of halogens is 1. The Bertz CT molecular complexity index is 370. The first-order valence-corrected chi connectivity index (χ1v) is 5.33. The Morgan fingerprint density at radius 1 is 1.60 bits per heavy atom. The fraction of sp³-hybridized carbons (Fsp3) is 0.222. The fourth-order valence-electron chi connectivity index (χ4n) is 1.06. The molecule has 0 saturated carbocycles. The van der Waals surface area contributed by atoms with E-state index in [1.54, 1.807) is 12.1 Å². The molecule has 0 fully saturated rings. The highest BCUT2D eigenvalue weighted by atomic mass is 127. The number of nitrogens with one attached hydrogen (secondary N) is 2. The second kappa shape index (κ2) is 5.17. The van der Waals surface area contributed by atoms with E-state index in [1.807, 2.05) is 22.6 Å². The van der Waals surface area contributed by atoms with Crippen LogP contribution in [0, 0.1) is 8.98 Å². The zero-order valence-electron chi connectivity index (χ0n) is 7.87. The smallest absolute Gasteiger partial charge is 0.185 e. The number of phenolic OH excluding ortho intramolecular Hbond substituents is 1. The minimum atomic E-state index is -0.795. The van der Waals surface area contributed by atoms with Gasteiger partial charge in [0, 0.05) is 6.54 Å². The third-order valence-electron chi connectivity index (χ3n) is 1.84. The normalized spacial score (nSPS) is 12.1. The summed E-state index contributed by atoms with van der Waals surface area (Å²) < 4.78 is 0.725. The van der Waals surface area contributed by atoms with E-state index in [4.69, 9.17) is 11.1 Å². The maximum Gasteiger partial charge on any atom is 0.185 e. The molecule has 1 aromatic carbocycles. The molecular weight excluding hydrogens is 309 g/mol. The van der Waals surface area contributed by atoms with Crippen molar-refractivity contribution in [1.82, 2.24) is 5.32 Å². The van der Waals surface area contributed by atoms with E-state index >= 15 is 0 Å². The monoisotopic (exact) mass is 321 g/mol. The molecule has 1 aromatic rings. The molecule has 5 nitrogen and oxygen atoms in total. The number of nitrogens with two attached hydrogens (primary N) is 1. The summed E-state index contributed by atoms with van der Waals surface area (Å²) in [5.41, 5.74) is 5.67. The lowest BCUT2D eigenvalue weighted by atomic mass is 10.1. The zero-order chi connectivity index (χ0) is 11.4. The molecule has 0 aliphatic rings. The van der Waals surface area contributed by atoms with Crippen molar-refractivity contribution in [3.05, 3.63) is 27.3 Å². The van der Waals surface area contributed by atoms with Crippen LogP contribution in [0.2, 0.25) is 0 Å². The second-order valence-corrected chi connectivity index (χ2v) is 4.18. The number of aromatic hydroxyl groups is 1. The summed E-state index contributed by atoms with van der Waals surface area (Å²) >= 11 is 2.00. The predicted molar refractivity (Wildman–Crippen MR) is 65.7 cm³/mol. The Hall–Kier alpha value is -1.02. The minimum absolute atomic E-state index is 0.134. The third-order valence-corrected chi connectivity index (χ3v) is 2.75. The molecule has 1 atom stereocenters. The molecule has 0 heterocycles. The second-order valence-electron chi connectivity index (χ2n) is 3.02. The van der Waals surface area contributed by atoms with Crippen LogP contribution in [0.15, 0.2) is 18.2 Å². The Morgan fingerprint density at radius 2 is 2.27 bits per heavy atom. The van der Waals surface area contributed by atoms with Crippen LogP contribution in [0.25, 0.3) is 0 Å². The summed E-state index contributed by atoms with van der Waals surface area (Å²) in [6.07, 6.45) is -0.795. The number of hydrogen-bond acceptors (Lipinski definition) is 3. The molecule has 15 heavy (non-hydrogen) atoms. The third kappa shape index (κ3) is 3.56. The molecule has 0 amide bonds. The van der Waals surface area contributed by atoms with E-state index in [9.17, 15) is 10.2 Å². The zero-order valence-corrected chi connectivity index (χ0v) is 10.0. The van der Waals surface area contributed by atoms with Crippen molar-refractivity contribution in [2.45, 2.75) is 6.10 Å². The van der Waals surface area contributed by atoms with E-state index in [0.29, 0.717) is 5.56 Å². The minimum Gasteiger partial charge on any atom is -0.507 e. The molecule has 1 rings (SSSR count). The summed E-state index contributed by atoms with van der Waals surface area (Å²) in [4.78, 5) is 0. The topological polar surface area (TPSA) is 102 Å². The molecule has 0 aliphatic heterocycles. The van der Waals surface area contributed by atoms with Crippen molar-refractivity contribution >= 4 is 28.6 Å². The number of aliphatic hydroxyl groups is 1. The molecule has 82 valence electrons. The van der Waals surface area contributed by atoms with Crippen molar-refractivity contribution in [2.24, 2.45) is 5.73 Å².